The predicted octanol–water partition coefficient (Wildman–Crippen LogP) is 10.7. The molecule has 2 saturated heterocycles. The zero-order chi connectivity index (χ0) is 47.5. The molecule has 0 saturated carbocycles. The number of rotatable bonds is 3. The molecule has 13 nitrogen and oxygen atoms in total. The molecule has 4 bridgehead atoms. The Morgan fingerprint density at radius 3 is 1.94 bits per heavy atom. The summed E-state index contributed by atoms with van der Waals surface area (Å²) in [5.74, 6) is 0.780. The fourth-order valence-electron chi connectivity index (χ4n) is 8.34. The van der Waals surface area contributed by atoms with Gasteiger partial charge in [-0.05, 0) is 73.5 Å². The van der Waals surface area contributed by atoms with Crippen LogP contribution in [0.2, 0.25) is 0 Å². The van der Waals surface area contributed by atoms with Gasteiger partial charge in [-0.15, -0.1) is 0 Å². The number of amides is 2. The first-order chi connectivity index (χ1) is 32.5. The third-order valence-corrected chi connectivity index (χ3v) is 13.3. The van der Waals surface area contributed by atoms with Crippen LogP contribution in [0, 0.1) is 11.6 Å². The Kier molecular flexibility index (Phi) is 11.4. The van der Waals surface area contributed by atoms with E-state index in [4.69, 9.17) is 5.73 Å². The lowest BCUT2D eigenvalue weighted by Crippen LogP contribution is -2.48. The number of alkyl halides is 6. The maximum atomic E-state index is 13.5. The molecule has 2 amide bonds. The number of halogens is 8. The molecule has 4 aliphatic rings. The fourth-order valence-corrected chi connectivity index (χ4v) is 9.98. The number of nitrogens with two attached hydrogens (primary N) is 1. The number of nitrogens with one attached hydrogen (secondary N) is 2. The summed E-state index contributed by atoms with van der Waals surface area (Å²) >= 11 is 2.44. The number of aromatic nitrogens is 6. The summed E-state index contributed by atoms with van der Waals surface area (Å²) in [5, 5.41) is 6.89. The van der Waals surface area contributed by atoms with Crippen LogP contribution in [0.3, 0.4) is 0 Å². The topological polar surface area (TPSA) is 154 Å². The minimum absolute atomic E-state index is 0.0885. The van der Waals surface area contributed by atoms with Crippen LogP contribution in [-0.2, 0) is 12.4 Å². The van der Waals surface area contributed by atoms with Crippen LogP contribution >= 0.6 is 22.7 Å². The summed E-state index contributed by atoms with van der Waals surface area (Å²) < 4.78 is 106. The highest BCUT2D eigenvalue weighted by Gasteiger charge is 2.41. The molecule has 0 aliphatic carbocycles. The molecule has 12 rings (SSSR count). The second-order valence-electron chi connectivity index (χ2n) is 16.0. The lowest BCUT2D eigenvalue weighted by Gasteiger charge is -2.35. The second-order valence-corrected chi connectivity index (χ2v) is 18.1. The van der Waals surface area contributed by atoms with Crippen LogP contribution in [0.1, 0.15) is 24.0 Å². The molecule has 8 heterocycles. The van der Waals surface area contributed by atoms with Gasteiger partial charge >= 0.3 is 18.4 Å². The van der Waals surface area contributed by atoms with Gasteiger partial charge in [-0.1, -0.05) is 46.9 Å². The number of nitrogens with zero attached hydrogens (tertiary/aromatic N) is 9. The van der Waals surface area contributed by atoms with Gasteiger partial charge in [0.2, 0.25) is 0 Å². The molecule has 23 heteroatoms. The first-order valence-electron chi connectivity index (χ1n) is 20.9. The van der Waals surface area contributed by atoms with Crippen molar-refractivity contribution >= 4 is 82.4 Å². The number of thiazole rings is 2. The van der Waals surface area contributed by atoms with Gasteiger partial charge in [0.05, 0.1) is 61.4 Å². The second kappa shape index (κ2) is 17.4. The summed E-state index contributed by atoms with van der Waals surface area (Å²) in [7, 11) is 0. The lowest BCUT2D eigenvalue weighted by molar-refractivity contribution is -0.138. The highest BCUT2D eigenvalue weighted by atomic mass is 32.1. The van der Waals surface area contributed by atoms with E-state index in [1.165, 1.54) is 64.8 Å². The van der Waals surface area contributed by atoms with E-state index in [2.05, 4.69) is 50.3 Å². The largest absolute Gasteiger partial charge is 0.416 e. The Morgan fingerprint density at radius 1 is 0.691 bits per heavy atom. The Hall–Kier alpha value is -7.27. The molecule has 4 aliphatic heterocycles. The average molecular weight is 975 g/mol. The predicted molar refractivity (Wildman–Crippen MR) is 245 cm³/mol. The van der Waals surface area contributed by atoms with Gasteiger partial charge in [0, 0.05) is 43.3 Å². The average Bonchev–Trinajstić information content (AvgIpc) is 4.11. The zero-order valence-electron chi connectivity index (χ0n) is 35.0. The van der Waals surface area contributed by atoms with E-state index in [0.29, 0.717) is 74.7 Å². The van der Waals surface area contributed by atoms with Crippen molar-refractivity contribution in [2.75, 3.05) is 57.2 Å². The van der Waals surface area contributed by atoms with Gasteiger partial charge in [-0.25, -0.2) is 43.5 Å². The first-order valence-corrected chi connectivity index (χ1v) is 22.5. The van der Waals surface area contributed by atoms with Gasteiger partial charge in [-0.2, -0.15) is 26.3 Å². The molecule has 8 aromatic rings. The molecule has 4 aromatic heterocycles. The van der Waals surface area contributed by atoms with E-state index in [1.54, 1.807) is 24.5 Å². The third-order valence-electron chi connectivity index (χ3n) is 11.5. The molecule has 4 aromatic carbocycles. The molecular formula is C45H34F8N12OS2. The van der Waals surface area contributed by atoms with Gasteiger partial charge in [0.15, 0.2) is 33.5 Å². The maximum Gasteiger partial charge on any atom is 0.416 e. The number of carbonyl (C=O) groups excluding carboxylic acids is 1. The molecule has 348 valence electrons. The van der Waals surface area contributed by atoms with Crippen molar-refractivity contribution < 1.29 is 39.9 Å². The van der Waals surface area contributed by atoms with Crippen molar-refractivity contribution in [1.82, 2.24) is 29.9 Å². The van der Waals surface area contributed by atoms with Gasteiger partial charge in [0.25, 0.3) is 0 Å². The summed E-state index contributed by atoms with van der Waals surface area (Å²) in [6, 6.07) is 18.2. The quantitative estimate of drug-likeness (QED) is 0.145. The number of benzene rings is 4. The SMILES string of the molecule is FC(F)(F)c1cccc(-c2ncc3c(n2)N[C@H]2CCN3C2)c1.Nc1nc2ccc(F)cc2s1.O=C(Nc1nc2ccc(F)cc2s1)N1c2nc(-c3cccc(C(F)(F)F)c3)ncc2N2CC[C@H]1C2. The number of urea groups is 1. The van der Waals surface area contributed by atoms with E-state index in [9.17, 15) is 39.9 Å². The maximum absolute atomic E-state index is 13.5. The van der Waals surface area contributed by atoms with Crippen molar-refractivity contribution in [2.24, 2.45) is 0 Å². The third kappa shape index (κ3) is 9.09. The molecule has 2 fully saturated rings. The Labute approximate surface area is 388 Å². The molecule has 4 N–H and O–H groups in total. The number of hydrogen-bond acceptors (Lipinski definition) is 13. The fraction of sp³-hybridized carbons (Fsp3) is 0.222. The monoisotopic (exact) mass is 974 g/mol. The van der Waals surface area contributed by atoms with Crippen molar-refractivity contribution in [3.63, 3.8) is 0 Å². The van der Waals surface area contributed by atoms with Crippen molar-refractivity contribution in [3.8, 4) is 22.8 Å². The van der Waals surface area contributed by atoms with Crippen LogP contribution < -0.4 is 31.1 Å². The van der Waals surface area contributed by atoms with Gasteiger partial charge in [-0.3, -0.25) is 10.2 Å². The molecule has 0 unspecified atom stereocenters. The molecular weight excluding hydrogens is 941 g/mol. The summed E-state index contributed by atoms with van der Waals surface area (Å²) in [4.78, 5) is 45.0. The van der Waals surface area contributed by atoms with Crippen molar-refractivity contribution in [3.05, 3.63) is 120 Å². The van der Waals surface area contributed by atoms with Crippen LogP contribution in [0.5, 0.6) is 0 Å². The molecule has 68 heavy (non-hydrogen) atoms. The van der Waals surface area contributed by atoms with Crippen LogP contribution in [0.4, 0.5) is 73.2 Å². The molecule has 0 radical (unpaired) electrons. The number of fused-ring (bicyclic) bond motifs is 10. The van der Waals surface area contributed by atoms with Crippen LogP contribution in [-0.4, -0.2) is 74.2 Å². The first kappa shape index (κ1) is 44.6. The summed E-state index contributed by atoms with van der Waals surface area (Å²) in [6.45, 7) is 3.18. The van der Waals surface area contributed by atoms with Crippen LogP contribution in [0.15, 0.2) is 97.3 Å². The zero-order valence-corrected chi connectivity index (χ0v) is 36.6. The molecule has 0 spiro atoms. The van der Waals surface area contributed by atoms with Crippen molar-refractivity contribution in [1.29, 1.82) is 0 Å². The van der Waals surface area contributed by atoms with E-state index in [-0.39, 0.29) is 23.2 Å². The normalized spacial score (nSPS) is 16.9. The summed E-state index contributed by atoms with van der Waals surface area (Å²) in [6.07, 6.45) is -3.90. The number of nitrogen functional groups attached to an aromatic ring is 1. The highest BCUT2D eigenvalue weighted by Crippen LogP contribution is 2.41. The Morgan fingerprint density at radius 2 is 1.28 bits per heavy atom. The van der Waals surface area contributed by atoms with Gasteiger partial charge in [0.1, 0.15) is 11.6 Å². The van der Waals surface area contributed by atoms with E-state index >= 15 is 0 Å². The highest BCUT2D eigenvalue weighted by molar-refractivity contribution is 7.22. The Balaban J connectivity index is 0.000000138. The summed E-state index contributed by atoms with van der Waals surface area (Å²) in [5.41, 5.74) is 7.37. The Bertz CT molecular complexity index is 3220. The number of hydrogen-bond donors (Lipinski definition) is 3. The van der Waals surface area contributed by atoms with Crippen molar-refractivity contribution in [2.45, 2.75) is 37.3 Å². The standard InChI is InChI=1S/C23H16F4N6OS.C15H13F3N4.C7H5FN2S/c24-14-4-5-16-18(9-14)35-21(29-16)31-22(34)33-15-6-7-32(11-15)17-10-28-19(30-20(17)33)12-2-1-3-13(8-12)23(25,26)27;16-15(17,18)10-3-1-2-9(6-10)13-19-7-12-14(21-13)20-11-4-5-22(12)8-11;8-4-1-2-5-6(3-4)11-7(9)10-5/h1-5,8-10,15H,6-7,11H2,(H,29,31,34);1-3,6-7,11H,4-5,8H2,(H,19,20,21);1-3H,(H2,9,10)/t15-;11-;/m00./s1. The number of anilines is 6. The number of carbonyl (C=O) groups is 1. The minimum Gasteiger partial charge on any atom is -0.375 e. The van der Waals surface area contributed by atoms with E-state index in [1.807, 2.05) is 0 Å². The van der Waals surface area contributed by atoms with Crippen LogP contribution in [0.25, 0.3) is 43.2 Å². The lowest BCUT2D eigenvalue weighted by atomic mass is 10.1. The van der Waals surface area contributed by atoms with E-state index < -0.39 is 35.3 Å². The minimum atomic E-state index is -4.50. The van der Waals surface area contributed by atoms with Gasteiger partial charge < -0.3 is 20.9 Å². The molecule has 2 atom stereocenters. The smallest absolute Gasteiger partial charge is 0.375 e. The van der Waals surface area contributed by atoms with E-state index in [0.717, 1.165) is 71.0 Å².